The number of non-ortho nitro benzene ring substituents is 1. The van der Waals surface area contributed by atoms with Crippen molar-refractivity contribution in [2.75, 3.05) is 0 Å². The highest BCUT2D eigenvalue weighted by Crippen LogP contribution is 2.28. The number of carboxylic acids is 1. The van der Waals surface area contributed by atoms with Crippen LogP contribution in [0.5, 0.6) is 0 Å². The second kappa shape index (κ2) is 4.62. The van der Waals surface area contributed by atoms with Crippen LogP contribution < -0.4 is 0 Å². The zero-order valence-corrected chi connectivity index (χ0v) is 9.11. The summed E-state index contributed by atoms with van der Waals surface area (Å²) in [4.78, 5) is 24.7. The molecule has 0 radical (unpaired) electrons. The minimum absolute atomic E-state index is 0.0504. The molecule has 0 aliphatic carbocycles. The van der Waals surface area contributed by atoms with E-state index in [2.05, 4.69) is 4.98 Å². The molecule has 2 rings (SSSR count). The van der Waals surface area contributed by atoms with E-state index in [0.717, 1.165) is 6.08 Å². The fraction of sp³-hybridized carbons (Fsp3) is 0. The third-order valence-electron chi connectivity index (χ3n) is 2.43. The smallest absolute Gasteiger partial charge is 0.328 e. The molecule has 2 aromatic rings. The molecule has 0 saturated carbocycles. The van der Waals surface area contributed by atoms with Crippen molar-refractivity contribution in [3.8, 4) is 0 Å². The highest BCUT2D eigenvalue weighted by Gasteiger charge is 2.13. The summed E-state index contributed by atoms with van der Waals surface area (Å²) in [5.74, 6) is -1.07. The van der Waals surface area contributed by atoms with Gasteiger partial charge in [-0.2, -0.15) is 0 Å². The highest BCUT2D eigenvalue weighted by atomic mass is 16.6. The van der Waals surface area contributed by atoms with Gasteiger partial charge in [-0.05, 0) is 29.2 Å². The first kappa shape index (κ1) is 11.7. The van der Waals surface area contributed by atoms with E-state index < -0.39 is 10.9 Å². The molecule has 0 aliphatic rings. The zero-order chi connectivity index (χ0) is 13.1. The van der Waals surface area contributed by atoms with Gasteiger partial charge >= 0.3 is 5.97 Å². The first-order chi connectivity index (χ1) is 8.59. The van der Waals surface area contributed by atoms with Gasteiger partial charge in [0.15, 0.2) is 0 Å². The van der Waals surface area contributed by atoms with Gasteiger partial charge in [0.2, 0.25) is 0 Å². The molecule has 0 unspecified atom stereocenters. The van der Waals surface area contributed by atoms with Crippen LogP contribution in [0.25, 0.3) is 16.8 Å². The number of fused-ring (bicyclic) bond motifs is 1. The molecule has 18 heavy (non-hydrogen) atoms. The van der Waals surface area contributed by atoms with Crippen LogP contribution in [-0.2, 0) is 4.79 Å². The molecule has 0 atom stereocenters. The van der Waals surface area contributed by atoms with Gasteiger partial charge in [-0.15, -0.1) is 0 Å². The summed E-state index contributed by atoms with van der Waals surface area (Å²) in [6.45, 7) is 0. The Labute approximate surface area is 101 Å². The summed E-state index contributed by atoms with van der Waals surface area (Å²) in [5, 5.41) is 20.4. The largest absolute Gasteiger partial charge is 0.478 e. The fourth-order valence-electron chi connectivity index (χ4n) is 1.66. The van der Waals surface area contributed by atoms with E-state index in [0.29, 0.717) is 16.3 Å². The third kappa shape index (κ3) is 2.17. The number of nitro groups is 1. The van der Waals surface area contributed by atoms with Gasteiger partial charge in [0.1, 0.15) is 0 Å². The van der Waals surface area contributed by atoms with E-state index in [-0.39, 0.29) is 5.69 Å². The van der Waals surface area contributed by atoms with Crippen molar-refractivity contribution in [2.45, 2.75) is 0 Å². The summed E-state index contributed by atoms with van der Waals surface area (Å²) >= 11 is 0. The van der Waals surface area contributed by atoms with Crippen molar-refractivity contribution >= 4 is 28.5 Å². The Bertz CT molecular complexity index is 664. The van der Waals surface area contributed by atoms with Gasteiger partial charge in [0, 0.05) is 24.5 Å². The molecule has 0 saturated heterocycles. The van der Waals surface area contributed by atoms with Gasteiger partial charge in [-0.1, -0.05) is 0 Å². The van der Waals surface area contributed by atoms with E-state index in [1.54, 1.807) is 6.07 Å². The van der Waals surface area contributed by atoms with Gasteiger partial charge in [-0.25, -0.2) is 4.79 Å². The number of carboxylic acid groups (broad SMARTS) is 1. The van der Waals surface area contributed by atoms with Gasteiger partial charge in [0.25, 0.3) is 5.69 Å². The number of carbonyl (C=O) groups is 1. The van der Waals surface area contributed by atoms with Crippen molar-refractivity contribution in [1.29, 1.82) is 0 Å². The van der Waals surface area contributed by atoms with E-state index in [4.69, 9.17) is 5.11 Å². The Hall–Kier alpha value is -2.76. The van der Waals surface area contributed by atoms with Gasteiger partial charge in [0.05, 0.1) is 10.3 Å². The number of hydrogen-bond acceptors (Lipinski definition) is 4. The summed E-state index contributed by atoms with van der Waals surface area (Å²) in [7, 11) is 0. The summed E-state index contributed by atoms with van der Waals surface area (Å²) in [6.07, 6.45) is 5.28. The van der Waals surface area contributed by atoms with Gasteiger partial charge < -0.3 is 5.11 Å². The molecule has 0 spiro atoms. The van der Waals surface area contributed by atoms with Crippen LogP contribution in [0, 0.1) is 10.1 Å². The lowest BCUT2D eigenvalue weighted by Crippen LogP contribution is -1.92. The topological polar surface area (TPSA) is 93.3 Å². The molecule has 6 heteroatoms. The second-order valence-electron chi connectivity index (χ2n) is 3.52. The summed E-state index contributed by atoms with van der Waals surface area (Å²) < 4.78 is 0. The van der Waals surface area contributed by atoms with Crippen molar-refractivity contribution in [3.05, 3.63) is 52.3 Å². The Balaban J connectivity index is 2.68. The SMILES string of the molecule is O=C(O)C=Cc1ccc([N+](=O)[O-])c2cnccc12. The molecule has 1 aromatic heterocycles. The lowest BCUT2D eigenvalue weighted by atomic mass is 10.0. The van der Waals surface area contributed by atoms with Crippen molar-refractivity contribution in [3.63, 3.8) is 0 Å². The Morgan fingerprint density at radius 1 is 1.33 bits per heavy atom. The van der Waals surface area contributed by atoms with Gasteiger partial charge in [-0.3, -0.25) is 15.1 Å². The Morgan fingerprint density at radius 2 is 2.11 bits per heavy atom. The van der Waals surface area contributed by atoms with Crippen LogP contribution in [0.3, 0.4) is 0 Å². The average Bonchev–Trinajstić information content (AvgIpc) is 2.35. The number of rotatable bonds is 3. The van der Waals surface area contributed by atoms with Crippen molar-refractivity contribution in [2.24, 2.45) is 0 Å². The molecule has 6 nitrogen and oxygen atoms in total. The van der Waals surface area contributed by atoms with Crippen LogP contribution in [0.1, 0.15) is 5.56 Å². The number of benzene rings is 1. The number of hydrogen-bond donors (Lipinski definition) is 1. The minimum atomic E-state index is -1.07. The maximum atomic E-state index is 10.9. The molecular formula is C12H8N2O4. The molecule has 1 N–H and O–H groups in total. The standard InChI is InChI=1S/C12H8N2O4/c15-12(16)4-2-8-1-3-11(14(17)18)10-7-13-6-5-9(8)10/h1-7H,(H,15,16). The van der Waals surface area contributed by atoms with Crippen LogP contribution in [0.2, 0.25) is 0 Å². The monoisotopic (exact) mass is 244 g/mol. The Morgan fingerprint density at radius 3 is 2.78 bits per heavy atom. The molecule has 1 aromatic carbocycles. The molecule has 90 valence electrons. The number of nitrogens with zero attached hydrogens (tertiary/aromatic N) is 2. The highest BCUT2D eigenvalue weighted by molar-refractivity contribution is 5.98. The minimum Gasteiger partial charge on any atom is -0.478 e. The van der Waals surface area contributed by atoms with Crippen LogP contribution >= 0.6 is 0 Å². The van der Waals surface area contributed by atoms with Crippen molar-refractivity contribution in [1.82, 2.24) is 4.98 Å². The van der Waals surface area contributed by atoms with E-state index >= 15 is 0 Å². The number of nitro benzene ring substituents is 1. The average molecular weight is 244 g/mol. The fourth-order valence-corrected chi connectivity index (χ4v) is 1.66. The van der Waals surface area contributed by atoms with E-state index in [9.17, 15) is 14.9 Å². The number of aromatic nitrogens is 1. The predicted octanol–water partition coefficient (Wildman–Crippen LogP) is 2.24. The molecule has 0 aliphatic heterocycles. The normalized spacial score (nSPS) is 10.9. The second-order valence-corrected chi connectivity index (χ2v) is 3.52. The maximum Gasteiger partial charge on any atom is 0.328 e. The first-order valence-corrected chi connectivity index (χ1v) is 5.01. The van der Waals surface area contributed by atoms with E-state index in [1.165, 1.54) is 30.6 Å². The summed E-state index contributed by atoms with van der Waals surface area (Å²) in [6, 6.07) is 4.47. The first-order valence-electron chi connectivity index (χ1n) is 5.01. The van der Waals surface area contributed by atoms with Crippen LogP contribution in [0.4, 0.5) is 5.69 Å². The molecule has 1 heterocycles. The summed E-state index contributed by atoms with van der Waals surface area (Å²) in [5.41, 5.74) is 0.547. The predicted molar refractivity (Wildman–Crippen MR) is 65.1 cm³/mol. The quantitative estimate of drug-likeness (QED) is 0.507. The molecule has 0 fully saturated rings. The van der Waals surface area contributed by atoms with E-state index in [1.807, 2.05) is 0 Å². The molecular weight excluding hydrogens is 236 g/mol. The lowest BCUT2D eigenvalue weighted by Gasteiger charge is -2.02. The number of pyridine rings is 1. The zero-order valence-electron chi connectivity index (χ0n) is 9.11. The third-order valence-corrected chi connectivity index (χ3v) is 2.43. The van der Waals surface area contributed by atoms with Crippen molar-refractivity contribution < 1.29 is 14.8 Å². The molecule has 0 bridgehead atoms. The lowest BCUT2D eigenvalue weighted by molar-refractivity contribution is -0.383. The molecule has 0 amide bonds. The van der Waals surface area contributed by atoms with Crippen LogP contribution in [-0.4, -0.2) is 21.0 Å². The van der Waals surface area contributed by atoms with Crippen LogP contribution in [0.15, 0.2) is 36.7 Å². The Kier molecular flexibility index (Phi) is 3.01. The maximum absolute atomic E-state index is 10.9. The number of aliphatic carboxylic acids is 1.